The summed E-state index contributed by atoms with van der Waals surface area (Å²) in [7, 11) is -4.64. The molecule has 0 spiro atoms. The van der Waals surface area contributed by atoms with Crippen molar-refractivity contribution in [2.75, 3.05) is 19.8 Å². The van der Waals surface area contributed by atoms with Crippen molar-refractivity contribution in [3.8, 4) is 0 Å². The van der Waals surface area contributed by atoms with E-state index >= 15 is 0 Å². The normalized spacial score (nSPS) is 12.5. The fraction of sp³-hybridized carbons (Fsp3) is 0.975. The van der Waals surface area contributed by atoms with Crippen LogP contribution in [0, 0.1) is 0 Å². The smallest absolute Gasteiger partial charge is 0.457 e. The minimum absolute atomic E-state index is 0.0866. The largest absolute Gasteiger partial charge is 0.469 e. The van der Waals surface area contributed by atoms with Gasteiger partial charge in [0.05, 0.1) is 13.2 Å². The molecular formula is C40H81O7P. The van der Waals surface area contributed by atoms with Crippen molar-refractivity contribution < 1.29 is 33.1 Å². The summed E-state index contributed by atoms with van der Waals surface area (Å²) in [6, 6.07) is 0. The standard InChI is InChI=1S/C40H81O7P/c1-3-5-7-9-11-13-15-17-19-20-21-22-23-25-27-29-31-33-35-40(41)47-39(38-46-48(42,43)44)37-45-36-34-32-30-28-26-24-18-16-14-12-10-8-6-4-2/h39H,3-38H2,1-2H3,(H2,42,43,44)/t39-/m1/s1. The summed E-state index contributed by atoms with van der Waals surface area (Å²) in [5.74, 6) is -0.356. The van der Waals surface area contributed by atoms with Gasteiger partial charge < -0.3 is 19.3 Å². The quantitative estimate of drug-likeness (QED) is 0.0372. The van der Waals surface area contributed by atoms with Crippen molar-refractivity contribution >= 4 is 13.8 Å². The van der Waals surface area contributed by atoms with Gasteiger partial charge in [-0.25, -0.2) is 4.57 Å². The molecule has 8 heteroatoms. The van der Waals surface area contributed by atoms with Gasteiger partial charge in [0.25, 0.3) is 0 Å². The zero-order valence-electron chi connectivity index (χ0n) is 31.9. The van der Waals surface area contributed by atoms with E-state index in [4.69, 9.17) is 19.3 Å². The van der Waals surface area contributed by atoms with Crippen molar-refractivity contribution in [2.24, 2.45) is 0 Å². The van der Waals surface area contributed by atoms with E-state index in [9.17, 15) is 9.36 Å². The summed E-state index contributed by atoms with van der Waals surface area (Å²) in [6.07, 6.45) is 40.9. The molecule has 1 atom stereocenters. The lowest BCUT2D eigenvalue weighted by Gasteiger charge is -2.18. The molecule has 0 amide bonds. The summed E-state index contributed by atoms with van der Waals surface area (Å²) in [5.41, 5.74) is 0. The predicted molar refractivity (Wildman–Crippen MR) is 202 cm³/mol. The number of hydrogen-bond acceptors (Lipinski definition) is 5. The molecule has 0 fully saturated rings. The fourth-order valence-corrected chi connectivity index (χ4v) is 6.69. The maximum Gasteiger partial charge on any atom is 0.469 e. The van der Waals surface area contributed by atoms with E-state index in [0.717, 1.165) is 32.1 Å². The average molecular weight is 705 g/mol. The molecule has 0 bridgehead atoms. The van der Waals surface area contributed by atoms with Crippen LogP contribution in [0.25, 0.3) is 0 Å². The zero-order chi connectivity index (χ0) is 35.2. The fourth-order valence-electron chi connectivity index (χ4n) is 6.33. The number of esters is 1. The van der Waals surface area contributed by atoms with Crippen LogP contribution < -0.4 is 0 Å². The van der Waals surface area contributed by atoms with Crippen LogP contribution in [0.3, 0.4) is 0 Å². The number of rotatable bonds is 40. The van der Waals surface area contributed by atoms with E-state index < -0.39 is 13.9 Å². The molecule has 288 valence electrons. The first-order valence-electron chi connectivity index (χ1n) is 20.9. The highest BCUT2D eigenvalue weighted by Crippen LogP contribution is 2.36. The average Bonchev–Trinajstić information content (AvgIpc) is 3.06. The van der Waals surface area contributed by atoms with E-state index in [2.05, 4.69) is 18.4 Å². The number of carbonyl (C=O) groups excluding carboxylic acids is 1. The monoisotopic (exact) mass is 705 g/mol. The summed E-state index contributed by atoms with van der Waals surface area (Å²) < 4.78 is 27.0. The van der Waals surface area contributed by atoms with Crippen LogP contribution in [0.1, 0.15) is 226 Å². The molecule has 7 nitrogen and oxygen atoms in total. The van der Waals surface area contributed by atoms with Crippen molar-refractivity contribution in [3.63, 3.8) is 0 Å². The second-order valence-corrected chi connectivity index (χ2v) is 15.6. The Balaban J connectivity index is 3.73. The van der Waals surface area contributed by atoms with Crippen LogP contribution in [0.4, 0.5) is 0 Å². The Hall–Kier alpha value is -0.460. The van der Waals surface area contributed by atoms with Crippen LogP contribution in [-0.2, 0) is 23.4 Å². The van der Waals surface area contributed by atoms with E-state index in [1.165, 1.54) is 173 Å². The zero-order valence-corrected chi connectivity index (χ0v) is 32.8. The molecule has 0 saturated carbocycles. The highest BCUT2D eigenvalue weighted by molar-refractivity contribution is 7.46. The number of phosphoric ester groups is 1. The van der Waals surface area contributed by atoms with Crippen LogP contribution >= 0.6 is 7.82 Å². The van der Waals surface area contributed by atoms with E-state index in [-0.39, 0.29) is 19.2 Å². The van der Waals surface area contributed by atoms with Crippen molar-refractivity contribution in [3.05, 3.63) is 0 Å². The SMILES string of the molecule is CCCCCCCCCCCCCCCCCCCCC(=O)O[C@H](COCCCCCCCCCCCCCCCC)COP(=O)(O)O. The molecule has 0 aromatic carbocycles. The summed E-state index contributed by atoms with van der Waals surface area (Å²) in [5, 5.41) is 0. The number of ether oxygens (including phenoxy) is 2. The highest BCUT2D eigenvalue weighted by atomic mass is 31.2. The third kappa shape index (κ3) is 40.0. The molecule has 2 N–H and O–H groups in total. The Morgan fingerprint density at radius 1 is 0.479 bits per heavy atom. The lowest BCUT2D eigenvalue weighted by atomic mass is 10.0. The van der Waals surface area contributed by atoms with E-state index in [1.54, 1.807) is 0 Å². The van der Waals surface area contributed by atoms with Crippen LogP contribution in [0.2, 0.25) is 0 Å². The molecule has 0 heterocycles. The molecule has 0 saturated heterocycles. The second kappa shape index (κ2) is 37.8. The minimum atomic E-state index is -4.64. The Morgan fingerprint density at radius 3 is 1.12 bits per heavy atom. The first kappa shape index (κ1) is 47.5. The topological polar surface area (TPSA) is 102 Å². The van der Waals surface area contributed by atoms with Crippen LogP contribution in [-0.4, -0.2) is 41.7 Å². The summed E-state index contributed by atoms with van der Waals surface area (Å²) >= 11 is 0. The maximum atomic E-state index is 12.4. The molecule has 0 aliphatic carbocycles. The van der Waals surface area contributed by atoms with Crippen molar-refractivity contribution in [1.29, 1.82) is 0 Å². The highest BCUT2D eigenvalue weighted by Gasteiger charge is 2.21. The number of carbonyl (C=O) groups is 1. The molecule has 48 heavy (non-hydrogen) atoms. The lowest BCUT2D eigenvalue weighted by Crippen LogP contribution is -2.28. The number of unbranched alkanes of at least 4 members (excludes halogenated alkanes) is 30. The minimum Gasteiger partial charge on any atom is -0.457 e. The van der Waals surface area contributed by atoms with E-state index in [0.29, 0.717) is 13.0 Å². The molecule has 0 aliphatic rings. The molecule has 0 radical (unpaired) electrons. The molecule has 0 aromatic rings. The van der Waals surface area contributed by atoms with Gasteiger partial charge in [0.1, 0.15) is 6.10 Å². The Kier molecular flexibility index (Phi) is 37.4. The molecule has 0 aliphatic heterocycles. The van der Waals surface area contributed by atoms with Gasteiger partial charge in [0, 0.05) is 13.0 Å². The molecule has 0 aromatic heterocycles. The lowest BCUT2D eigenvalue weighted by molar-refractivity contribution is -0.154. The first-order valence-corrected chi connectivity index (χ1v) is 22.4. The molecule has 0 rings (SSSR count). The van der Waals surface area contributed by atoms with Gasteiger partial charge in [-0.2, -0.15) is 0 Å². The first-order chi connectivity index (χ1) is 23.4. The third-order valence-corrected chi connectivity index (χ3v) is 9.89. The third-order valence-electron chi connectivity index (χ3n) is 9.41. The van der Waals surface area contributed by atoms with Crippen LogP contribution in [0.15, 0.2) is 0 Å². The van der Waals surface area contributed by atoms with Crippen molar-refractivity contribution in [1.82, 2.24) is 0 Å². The Morgan fingerprint density at radius 2 is 0.792 bits per heavy atom. The maximum absolute atomic E-state index is 12.4. The Bertz CT molecular complexity index is 699. The Labute approximate surface area is 298 Å². The molecule has 0 unspecified atom stereocenters. The van der Waals surface area contributed by atoms with E-state index in [1.807, 2.05) is 0 Å². The van der Waals surface area contributed by atoms with Gasteiger partial charge in [0.2, 0.25) is 0 Å². The van der Waals surface area contributed by atoms with Crippen molar-refractivity contribution in [2.45, 2.75) is 232 Å². The summed E-state index contributed by atoms with van der Waals surface area (Å²) in [6.45, 7) is 4.80. The van der Waals surface area contributed by atoms with Gasteiger partial charge in [-0.05, 0) is 12.8 Å². The number of phosphoric acid groups is 1. The van der Waals surface area contributed by atoms with Gasteiger partial charge in [-0.1, -0.05) is 206 Å². The van der Waals surface area contributed by atoms with Gasteiger partial charge in [0.15, 0.2) is 0 Å². The van der Waals surface area contributed by atoms with Gasteiger partial charge in [-0.3, -0.25) is 9.32 Å². The predicted octanol–water partition coefficient (Wildman–Crippen LogP) is 12.9. The van der Waals surface area contributed by atoms with Crippen LogP contribution in [0.5, 0.6) is 0 Å². The van der Waals surface area contributed by atoms with Gasteiger partial charge in [-0.15, -0.1) is 0 Å². The second-order valence-electron chi connectivity index (χ2n) is 14.3. The molecular weight excluding hydrogens is 623 g/mol. The number of hydrogen-bond donors (Lipinski definition) is 2. The summed E-state index contributed by atoms with van der Waals surface area (Å²) in [4.78, 5) is 30.6. The van der Waals surface area contributed by atoms with Gasteiger partial charge >= 0.3 is 13.8 Å².